The standard InChI is InChI=1S/C21H19N3O2S/c25-14-6-3-5-13(10-14)22-11-17-23-18-16-9-8-12-4-1-2-7-15(12)19(16)27-20(18)21(26)24-17/h1-7,10,18,20,22,25H,8-9,11H2,(H,23,24,26). The quantitative estimate of drug-likeness (QED) is 0.768. The summed E-state index contributed by atoms with van der Waals surface area (Å²) < 4.78 is 0. The van der Waals surface area contributed by atoms with Crippen LogP contribution in [0.1, 0.15) is 17.5 Å². The van der Waals surface area contributed by atoms with Gasteiger partial charge in [-0.05, 0) is 41.7 Å². The van der Waals surface area contributed by atoms with E-state index >= 15 is 0 Å². The average Bonchev–Trinajstić information content (AvgIpc) is 3.06. The molecule has 2 aromatic rings. The Morgan fingerprint density at radius 3 is 2.96 bits per heavy atom. The van der Waals surface area contributed by atoms with E-state index in [9.17, 15) is 9.90 Å². The molecule has 6 heteroatoms. The molecule has 2 unspecified atom stereocenters. The third kappa shape index (κ3) is 2.90. The second-order valence-electron chi connectivity index (χ2n) is 6.96. The molecule has 5 rings (SSSR count). The number of carbonyl (C=O) groups is 1. The molecule has 3 N–H and O–H groups in total. The molecular formula is C21H19N3O2S. The molecule has 2 heterocycles. The molecule has 2 atom stereocenters. The van der Waals surface area contributed by atoms with E-state index in [0.717, 1.165) is 18.5 Å². The Hall–Kier alpha value is -2.73. The Bertz CT molecular complexity index is 998. The number of benzene rings is 2. The number of anilines is 1. The lowest BCUT2D eigenvalue weighted by molar-refractivity contribution is -0.119. The highest BCUT2D eigenvalue weighted by Crippen LogP contribution is 2.51. The van der Waals surface area contributed by atoms with Crippen LogP contribution in [0.15, 0.2) is 59.1 Å². The molecule has 136 valence electrons. The normalized spacial score (nSPS) is 23.1. The molecule has 0 spiro atoms. The summed E-state index contributed by atoms with van der Waals surface area (Å²) in [6.45, 7) is 0.419. The van der Waals surface area contributed by atoms with E-state index in [-0.39, 0.29) is 22.9 Å². The number of amides is 1. The molecule has 2 aliphatic heterocycles. The molecule has 0 saturated carbocycles. The number of phenolic OH excluding ortho intramolecular Hbond substituents is 1. The Balaban J connectivity index is 1.41. The van der Waals surface area contributed by atoms with Crippen molar-refractivity contribution in [1.82, 2.24) is 5.32 Å². The number of phenols is 1. The summed E-state index contributed by atoms with van der Waals surface area (Å²) in [6, 6.07) is 15.3. The maximum Gasteiger partial charge on any atom is 0.241 e. The third-order valence-corrected chi connectivity index (χ3v) is 6.68. The van der Waals surface area contributed by atoms with E-state index in [0.29, 0.717) is 12.4 Å². The minimum Gasteiger partial charge on any atom is -0.508 e. The molecule has 3 aliphatic rings. The van der Waals surface area contributed by atoms with Crippen LogP contribution in [-0.4, -0.2) is 34.7 Å². The average molecular weight is 377 g/mol. The number of aromatic hydroxyl groups is 1. The van der Waals surface area contributed by atoms with Gasteiger partial charge in [-0.1, -0.05) is 30.3 Å². The van der Waals surface area contributed by atoms with E-state index in [1.165, 1.54) is 21.6 Å². The van der Waals surface area contributed by atoms with Crippen LogP contribution in [0.3, 0.4) is 0 Å². The topological polar surface area (TPSA) is 73.7 Å². The molecule has 0 fully saturated rings. The maximum absolute atomic E-state index is 12.7. The summed E-state index contributed by atoms with van der Waals surface area (Å²) in [5.74, 6) is 0.884. The number of thioether (sulfide) groups is 1. The summed E-state index contributed by atoms with van der Waals surface area (Å²) >= 11 is 1.65. The molecule has 0 saturated heterocycles. The fourth-order valence-corrected chi connectivity index (χ4v) is 5.43. The van der Waals surface area contributed by atoms with Crippen molar-refractivity contribution in [2.45, 2.75) is 24.1 Å². The minimum atomic E-state index is -0.175. The predicted octanol–water partition coefficient (Wildman–Crippen LogP) is 3.17. The summed E-state index contributed by atoms with van der Waals surface area (Å²) in [5, 5.41) is 15.6. The van der Waals surface area contributed by atoms with Gasteiger partial charge in [0.25, 0.3) is 0 Å². The Kier molecular flexibility index (Phi) is 3.93. The number of nitrogens with one attached hydrogen (secondary N) is 2. The van der Waals surface area contributed by atoms with Crippen LogP contribution in [0.25, 0.3) is 4.91 Å². The number of rotatable bonds is 3. The van der Waals surface area contributed by atoms with Gasteiger partial charge in [-0.2, -0.15) is 0 Å². The molecule has 1 amide bonds. The van der Waals surface area contributed by atoms with Crippen molar-refractivity contribution in [3.05, 3.63) is 65.2 Å². The van der Waals surface area contributed by atoms with Crippen LogP contribution >= 0.6 is 11.8 Å². The first-order chi connectivity index (χ1) is 13.2. The lowest BCUT2D eigenvalue weighted by Crippen LogP contribution is -2.49. The van der Waals surface area contributed by atoms with Crippen molar-refractivity contribution in [1.29, 1.82) is 0 Å². The number of aliphatic imine (C=N–C) groups is 1. The highest BCUT2D eigenvalue weighted by molar-refractivity contribution is 8.09. The Morgan fingerprint density at radius 2 is 2.07 bits per heavy atom. The lowest BCUT2D eigenvalue weighted by atomic mass is 9.87. The van der Waals surface area contributed by atoms with Crippen LogP contribution in [-0.2, 0) is 11.2 Å². The van der Waals surface area contributed by atoms with E-state index in [2.05, 4.69) is 34.9 Å². The number of amidine groups is 1. The molecular weight excluding hydrogens is 358 g/mol. The lowest BCUT2D eigenvalue weighted by Gasteiger charge is -2.25. The molecule has 2 aromatic carbocycles. The van der Waals surface area contributed by atoms with Gasteiger partial charge in [-0.15, -0.1) is 11.8 Å². The van der Waals surface area contributed by atoms with Gasteiger partial charge in [-0.25, -0.2) is 0 Å². The monoisotopic (exact) mass is 377 g/mol. The minimum absolute atomic E-state index is 0.0274. The molecule has 1 aliphatic carbocycles. The van der Waals surface area contributed by atoms with E-state index in [1.54, 1.807) is 30.0 Å². The van der Waals surface area contributed by atoms with Gasteiger partial charge in [-0.3, -0.25) is 9.79 Å². The number of carbonyl (C=O) groups excluding carboxylic acids is 1. The van der Waals surface area contributed by atoms with E-state index < -0.39 is 0 Å². The molecule has 0 radical (unpaired) electrons. The summed E-state index contributed by atoms with van der Waals surface area (Å²) in [6.07, 6.45) is 1.97. The van der Waals surface area contributed by atoms with Crippen molar-refractivity contribution in [3.8, 4) is 5.75 Å². The maximum atomic E-state index is 12.7. The number of aryl methyl sites for hydroxylation is 1. The fraction of sp³-hybridized carbons (Fsp3) is 0.238. The van der Waals surface area contributed by atoms with Crippen molar-refractivity contribution >= 4 is 34.1 Å². The zero-order valence-electron chi connectivity index (χ0n) is 14.6. The largest absolute Gasteiger partial charge is 0.508 e. The summed E-state index contributed by atoms with van der Waals surface area (Å²) in [4.78, 5) is 18.8. The highest BCUT2D eigenvalue weighted by Gasteiger charge is 2.44. The van der Waals surface area contributed by atoms with Crippen molar-refractivity contribution < 1.29 is 9.90 Å². The first-order valence-corrected chi connectivity index (χ1v) is 9.95. The van der Waals surface area contributed by atoms with Gasteiger partial charge >= 0.3 is 0 Å². The Labute approximate surface area is 161 Å². The van der Waals surface area contributed by atoms with Crippen molar-refractivity contribution in [2.75, 3.05) is 11.9 Å². The van der Waals surface area contributed by atoms with Gasteiger partial charge in [0.2, 0.25) is 5.91 Å². The van der Waals surface area contributed by atoms with Gasteiger partial charge < -0.3 is 15.7 Å². The van der Waals surface area contributed by atoms with E-state index in [1.807, 2.05) is 6.07 Å². The van der Waals surface area contributed by atoms with Crippen LogP contribution in [0.5, 0.6) is 5.75 Å². The third-order valence-electron chi connectivity index (χ3n) is 5.23. The van der Waals surface area contributed by atoms with Crippen LogP contribution in [0.4, 0.5) is 5.69 Å². The zero-order valence-corrected chi connectivity index (χ0v) is 15.4. The summed E-state index contributed by atoms with van der Waals surface area (Å²) in [7, 11) is 0. The number of nitrogens with zero attached hydrogens (tertiary/aromatic N) is 1. The van der Waals surface area contributed by atoms with Gasteiger partial charge in [0, 0.05) is 16.7 Å². The first-order valence-electron chi connectivity index (χ1n) is 9.07. The predicted molar refractivity (Wildman–Crippen MR) is 109 cm³/mol. The van der Waals surface area contributed by atoms with Gasteiger partial charge in [0.1, 0.15) is 16.8 Å². The number of hydrogen-bond acceptors (Lipinski definition) is 5. The first kappa shape index (κ1) is 16.4. The van der Waals surface area contributed by atoms with E-state index in [4.69, 9.17) is 4.99 Å². The van der Waals surface area contributed by atoms with Crippen molar-refractivity contribution in [3.63, 3.8) is 0 Å². The molecule has 5 nitrogen and oxygen atoms in total. The highest BCUT2D eigenvalue weighted by atomic mass is 32.2. The second-order valence-corrected chi connectivity index (χ2v) is 8.12. The molecule has 0 bridgehead atoms. The van der Waals surface area contributed by atoms with Crippen LogP contribution in [0, 0.1) is 0 Å². The fourth-order valence-electron chi connectivity index (χ4n) is 3.96. The molecule has 27 heavy (non-hydrogen) atoms. The SMILES string of the molecule is O=C1NC(CNc2cccc(O)c2)=NC2C3=C(SC12)c1ccccc1CC3. The number of hydrogen-bond donors (Lipinski definition) is 3. The summed E-state index contributed by atoms with van der Waals surface area (Å²) in [5.41, 5.74) is 4.72. The number of fused-ring (bicyclic) bond motifs is 4. The zero-order chi connectivity index (χ0) is 18.4. The van der Waals surface area contributed by atoms with Gasteiger partial charge in [0.05, 0.1) is 12.6 Å². The van der Waals surface area contributed by atoms with Gasteiger partial charge in [0.15, 0.2) is 0 Å². The Morgan fingerprint density at radius 1 is 1.19 bits per heavy atom. The van der Waals surface area contributed by atoms with Crippen LogP contribution in [0.2, 0.25) is 0 Å². The smallest absolute Gasteiger partial charge is 0.241 e. The molecule has 0 aromatic heterocycles. The van der Waals surface area contributed by atoms with Crippen LogP contribution < -0.4 is 10.6 Å². The second kappa shape index (κ2) is 6.46. The van der Waals surface area contributed by atoms with Crippen molar-refractivity contribution in [2.24, 2.45) is 4.99 Å².